The van der Waals surface area contributed by atoms with Gasteiger partial charge in [0.1, 0.15) is 6.54 Å². The molecular weight excluding hydrogens is 198 g/mol. The zero-order chi connectivity index (χ0) is 10.0. The van der Waals surface area contributed by atoms with Crippen LogP contribution in [0.1, 0.15) is 5.69 Å². The lowest BCUT2D eigenvalue weighted by Gasteiger charge is -1.91. The smallest absolute Gasteiger partial charge is 0.358 e. The van der Waals surface area contributed by atoms with Gasteiger partial charge in [0.2, 0.25) is 5.24 Å². The van der Waals surface area contributed by atoms with Crippen LogP contribution in [0.15, 0.2) is 6.07 Å². The highest BCUT2D eigenvalue weighted by Crippen LogP contribution is 2.10. The van der Waals surface area contributed by atoms with Gasteiger partial charge in [-0.15, -0.1) is 0 Å². The molecule has 0 radical (unpaired) electrons. The standard InChI is InChI=1S/C6H6ClN3O3/c1-4-2-6(10(12)13)8-9(4)3-5(7)11/h2H,3H2,1H3. The van der Waals surface area contributed by atoms with Gasteiger partial charge in [0.15, 0.2) is 0 Å². The van der Waals surface area contributed by atoms with Crippen molar-refractivity contribution >= 4 is 22.7 Å². The quantitative estimate of drug-likeness (QED) is 0.415. The van der Waals surface area contributed by atoms with E-state index in [1.165, 1.54) is 10.7 Å². The molecule has 0 atom stereocenters. The number of aromatic nitrogens is 2. The lowest BCUT2D eigenvalue weighted by atomic mass is 10.4. The fraction of sp³-hybridized carbons (Fsp3) is 0.333. The third-order valence-electron chi connectivity index (χ3n) is 1.43. The van der Waals surface area contributed by atoms with Crippen molar-refractivity contribution < 1.29 is 9.72 Å². The molecule has 0 spiro atoms. The average molecular weight is 204 g/mol. The molecule has 0 N–H and O–H groups in total. The summed E-state index contributed by atoms with van der Waals surface area (Å²) in [7, 11) is 0. The van der Waals surface area contributed by atoms with E-state index >= 15 is 0 Å². The van der Waals surface area contributed by atoms with Crippen LogP contribution < -0.4 is 0 Å². The van der Waals surface area contributed by atoms with E-state index in [1.807, 2.05) is 0 Å². The van der Waals surface area contributed by atoms with Crippen molar-refractivity contribution in [3.63, 3.8) is 0 Å². The molecule has 0 saturated heterocycles. The first-order chi connectivity index (χ1) is 6.00. The van der Waals surface area contributed by atoms with Gasteiger partial charge in [-0.2, -0.15) is 4.68 Å². The second kappa shape index (κ2) is 3.53. The SMILES string of the molecule is Cc1cc([N+](=O)[O-])nn1CC(=O)Cl. The molecule has 7 heteroatoms. The number of halogens is 1. The van der Waals surface area contributed by atoms with Gasteiger partial charge in [-0.1, -0.05) is 0 Å². The molecule has 0 amide bonds. The van der Waals surface area contributed by atoms with Crippen LogP contribution in [-0.4, -0.2) is 19.9 Å². The topological polar surface area (TPSA) is 78.0 Å². The van der Waals surface area contributed by atoms with Crippen LogP contribution in [0.2, 0.25) is 0 Å². The second-order valence-corrected chi connectivity index (χ2v) is 2.84. The Morgan fingerprint density at radius 3 is 2.85 bits per heavy atom. The van der Waals surface area contributed by atoms with Gasteiger partial charge in [-0.05, 0) is 23.4 Å². The molecule has 13 heavy (non-hydrogen) atoms. The lowest BCUT2D eigenvalue weighted by Crippen LogP contribution is -2.07. The fourth-order valence-electron chi connectivity index (χ4n) is 0.860. The Hall–Kier alpha value is -1.43. The maximum atomic E-state index is 10.5. The Labute approximate surface area is 78.3 Å². The summed E-state index contributed by atoms with van der Waals surface area (Å²) in [4.78, 5) is 20.1. The van der Waals surface area contributed by atoms with E-state index in [1.54, 1.807) is 6.92 Å². The van der Waals surface area contributed by atoms with Crippen molar-refractivity contribution in [1.82, 2.24) is 9.78 Å². The van der Waals surface area contributed by atoms with Crippen molar-refractivity contribution in [3.8, 4) is 0 Å². The molecule has 0 aromatic carbocycles. The Morgan fingerprint density at radius 1 is 1.85 bits per heavy atom. The van der Waals surface area contributed by atoms with Crippen LogP contribution >= 0.6 is 11.6 Å². The highest BCUT2D eigenvalue weighted by atomic mass is 35.5. The van der Waals surface area contributed by atoms with Crippen molar-refractivity contribution in [2.24, 2.45) is 0 Å². The Kier molecular flexibility index (Phi) is 2.62. The van der Waals surface area contributed by atoms with E-state index in [0.717, 1.165) is 0 Å². The van der Waals surface area contributed by atoms with E-state index in [-0.39, 0.29) is 12.4 Å². The van der Waals surface area contributed by atoms with Crippen molar-refractivity contribution in [3.05, 3.63) is 21.9 Å². The van der Waals surface area contributed by atoms with E-state index in [2.05, 4.69) is 5.10 Å². The molecule has 70 valence electrons. The van der Waals surface area contributed by atoms with Crippen LogP contribution in [0, 0.1) is 17.0 Å². The van der Waals surface area contributed by atoms with Gasteiger partial charge in [0, 0.05) is 0 Å². The number of hydrogen-bond acceptors (Lipinski definition) is 4. The summed E-state index contributed by atoms with van der Waals surface area (Å²) in [6.45, 7) is 1.46. The minimum Gasteiger partial charge on any atom is -0.358 e. The van der Waals surface area contributed by atoms with Crippen LogP contribution in [0.3, 0.4) is 0 Å². The summed E-state index contributed by atoms with van der Waals surface area (Å²) in [6.07, 6.45) is 0. The molecule has 1 heterocycles. The summed E-state index contributed by atoms with van der Waals surface area (Å²) in [5.41, 5.74) is 0.528. The fourth-order valence-corrected chi connectivity index (χ4v) is 0.973. The molecule has 0 saturated carbocycles. The van der Waals surface area contributed by atoms with Crippen molar-refractivity contribution in [2.75, 3.05) is 0 Å². The largest absolute Gasteiger partial charge is 0.390 e. The van der Waals surface area contributed by atoms with Crippen LogP contribution in [0.5, 0.6) is 0 Å². The Balaban J connectivity index is 2.96. The first kappa shape index (κ1) is 9.66. The first-order valence-electron chi connectivity index (χ1n) is 3.38. The molecular formula is C6H6ClN3O3. The number of carbonyl (C=O) groups is 1. The van der Waals surface area contributed by atoms with E-state index < -0.39 is 10.2 Å². The van der Waals surface area contributed by atoms with Gasteiger partial charge in [-0.3, -0.25) is 4.79 Å². The van der Waals surface area contributed by atoms with Crippen LogP contribution in [0.4, 0.5) is 5.82 Å². The molecule has 1 aromatic heterocycles. The summed E-state index contributed by atoms with van der Waals surface area (Å²) in [5, 5.41) is 13.2. The first-order valence-corrected chi connectivity index (χ1v) is 3.75. The molecule has 0 bridgehead atoms. The maximum Gasteiger partial charge on any atom is 0.390 e. The summed E-state index contributed by atoms with van der Waals surface area (Å²) >= 11 is 5.10. The molecule has 0 aliphatic carbocycles. The van der Waals surface area contributed by atoms with Gasteiger partial charge in [-0.25, -0.2) is 0 Å². The zero-order valence-corrected chi connectivity index (χ0v) is 7.48. The second-order valence-electron chi connectivity index (χ2n) is 2.41. The third-order valence-corrected chi connectivity index (χ3v) is 1.55. The summed E-state index contributed by atoms with van der Waals surface area (Å²) in [5.74, 6) is -0.282. The Bertz CT molecular complexity index is 360. The molecule has 0 aliphatic heterocycles. The summed E-state index contributed by atoms with van der Waals surface area (Å²) in [6, 6.07) is 1.28. The van der Waals surface area contributed by atoms with Crippen LogP contribution in [-0.2, 0) is 11.3 Å². The molecule has 1 rings (SSSR count). The van der Waals surface area contributed by atoms with E-state index in [9.17, 15) is 14.9 Å². The average Bonchev–Trinajstić information content (AvgIpc) is 2.31. The van der Waals surface area contributed by atoms with Crippen molar-refractivity contribution in [1.29, 1.82) is 0 Å². The van der Waals surface area contributed by atoms with Crippen LogP contribution in [0.25, 0.3) is 0 Å². The van der Waals surface area contributed by atoms with Gasteiger partial charge in [0.05, 0.1) is 16.9 Å². The Morgan fingerprint density at radius 2 is 2.46 bits per heavy atom. The molecule has 0 fully saturated rings. The number of rotatable bonds is 3. The maximum absolute atomic E-state index is 10.5. The normalized spacial score (nSPS) is 10.0. The monoisotopic (exact) mass is 203 g/mol. The number of nitrogens with zero attached hydrogens (tertiary/aromatic N) is 3. The van der Waals surface area contributed by atoms with Gasteiger partial charge >= 0.3 is 5.82 Å². The number of nitro groups is 1. The third kappa shape index (κ3) is 2.25. The molecule has 0 unspecified atom stereocenters. The number of aryl methyl sites for hydroxylation is 1. The predicted molar refractivity (Wildman–Crippen MR) is 44.5 cm³/mol. The highest BCUT2D eigenvalue weighted by molar-refractivity contribution is 6.63. The highest BCUT2D eigenvalue weighted by Gasteiger charge is 2.16. The minimum atomic E-state index is -0.623. The lowest BCUT2D eigenvalue weighted by molar-refractivity contribution is -0.389. The van der Waals surface area contributed by atoms with E-state index in [4.69, 9.17) is 11.6 Å². The van der Waals surface area contributed by atoms with Gasteiger partial charge in [0.25, 0.3) is 0 Å². The molecule has 1 aromatic rings. The minimum absolute atomic E-state index is 0.152. The molecule has 0 aliphatic rings. The zero-order valence-electron chi connectivity index (χ0n) is 6.73. The van der Waals surface area contributed by atoms with Crippen molar-refractivity contribution in [2.45, 2.75) is 13.5 Å². The molecule has 6 nitrogen and oxygen atoms in total. The van der Waals surface area contributed by atoms with E-state index in [0.29, 0.717) is 5.69 Å². The number of carbonyl (C=O) groups excluding carboxylic acids is 1. The predicted octanol–water partition coefficient (Wildman–Crippen LogP) is 0.865. The summed E-state index contributed by atoms with van der Waals surface area (Å²) < 4.78 is 1.19. The number of hydrogen-bond donors (Lipinski definition) is 0. The van der Waals surface area contributed by atoms with Gasteiger partial charge < -0.3 is 10.1 Å².